The van der Waals surface area contributed by atoms with E-state index in [9.17, 15) is 4.79 Å². The Morgan fingerprint density at radius 3 is 2.43 bits per heavy atom. The summed E-state index contributed by atoms with van der Waals surface area (Å²) >= 11 is 5.35. The van der Waals surface area contributed by atoms with Crippen molar-refractivity contribution in [2.24, 2.45) is 0 Å². The smallest absolute Gasteiger partial charge is 0.254 e. The molecule has 0 spiro atoms. The lowest BCUT2D eigenvalue weighted by molar-refractivity contribution is 0.0693. The van der Waals surface area contributed by atoms with Gasteiger partial charge in [-0.2, -0.15) is 0 Å². The van der Waals surface area contributed by atoms with E-state index in [2.05, 4.69) is 10.2 Å². The molecule has 1 aliphatic rings. The molecule has 4 nitrogen and oxygen atoms in total. The highest BCUT2D eigenvalue weighted by molar-refractivity contribution is 7.80. The molecule has 1 N–H and O–H groups in total. The Hall–Kier alpha value is -2.14. The van der Waals surface area contributed by atoms with Gasteiger partial charge >= 0.3 is 0 Å². The Balaban J connectivity index is 1.73. The number of carbonyl (C=O) groups is 1. The van der Waals surface area contributed by atoms with Crippen LogP contribution >= 0.6 is 12.2 Å². The summed E-state index contributed by atoms with van der Waals surface area (Å²) < 4.78 is 0. The first-order valence-corrected chi connectivity index (χ1v) is 8.41. The Bertz CT molecular complexity index is 718. The zero-order valence-electron chi connectivity index (χ0n) is 13.3. The largest absolute Gasteiger partial charge is 0.363 e. The van der Waals surface area contributed by atoms with Gasteiger partial charge in [0.2, 0.25) is 0 Å². The van der Waals surface area contributed by atoms with Gasteiger partial charge in [0.05, 0.1) is 0 Å². The molecular formula is C18H21N3OS. The van der Waals surface area contributed by atoms with Gasteiger partial charge in [0.1, 0.15) is 0 Å². The molecular weight excluding hydrogens is 306 g/mol. The molecule has 2 aromatic carbocycles. The minimum absolute atomic E-state index is 0.107. The van der Waals surface area contributed by atoms with E-state index in [4.69, 9.17) is 12.2 Å². The van der Waals surface area contributed by atoms with Crippen LogP contribution in [-0.2, 0) is 0 Å². The Kier molecular flexibility index (Phi) is 4.76. The number of nitrogens with one attached hydrogen (secondary N) is 1. The third-order valence-electron chi connectivity index (χ3n) is 4.20. The summed E-state index contributed by atoms with van der Waals surface area (Å²) in [4.78, 5) is 16.9. The van der Waals surface area contributed by atoms with E-state index < -0.39 is 0 Å². The standard InChI is InChI=1S/C18H21N3OS/c1-2-19-18(23)21-12-10-20(11-13-21)17(22)16-9-5-7-14-6-3-4-8-15(14)16/h3-9H,2,10-13H2,1H3,(H,19,23). The van der Waals surface area contributed by atoms with Gasteiger partial charge in [-0.3, -0.25) is 4.79 Å². The minimum Gasteiger partial charge on any atom is -0.363 e. The van der Waals surface area contributed by atoms with Gasteiger partial charge in [0, 0.05) is 38.3 Å². The number of fused-ring (bicyclic) bond motifs is 1. The molecule has 0 unspecified atom stereocenters. The average molecular weight is 327 g/mol. The zero-order chi connectivity index (χ0) is 16.2. The summed E-state index contributed by atoms with van der Waals surface area (Å²) in [5.41, 5.74) is 0.783. The van der Waals surface area contributed by atoms with Crippen LogP contribution in [0, 0.1) is 0 Å². The van der Waals surface area contributed by atoms with Gasteiger partial charge in [0.15, 0.2) is 5.11 Å². The lowest BCUT2D eigenvalue weighted by Crippen LogP contribution is -2.53. The van der Waals surface area contributed by atoms with Gasteiger partial charge in [-0.05, 0) is 36.0 Å². The molecule has 0 saturated carbocycles. The van der Waals surface area contributed by atoms with Crippen LogP contribution in [0.3, 0.4) is 0 Å². The lowest BCUT2D eigenvalue weighted by Gasteiger charge is -2.36. The van der Waals surface area contributed by atoms with Crippen molar-refractivity contribution in [2.45, 2.75) is 6.92 Å². The maximum absolute atomic E-state index is 12.9. The Morgan fingerprint density at radius 1 is 1.04 bits per heavy atom. The SMILES string of the molecule is CCNC(=S)N1CCN(C(=O)c2cccc3ccccc23)CC1. The molecule has 1 aliphatic heterocycles. The van der Waals surface area contributed by atoms with Gasteiger partial charge in [-0.15, -0.1) is 0 Å². The zero-order valence-corrected chi connectivity index (χ0v) is 14.1. The fourth-order valence-electron chi connectivity index (χ4n) is 2.96. The highest BCUT2D eigenvalue weighted by Gasteiger charge is 2.24. The maximum atomic E-state index is 12.9. The van der Waals surface area contributed by atoms with Crippen molar-refractivity contribution in [3.63, 3.8) is 0 Å². The van der Waals surface area contributed by atoms with Gasteiger partial charge < -0.3 is 15.1 Å². The number of hydrogen-bond acceptors (Lipinski definition) is 2. The summed E-state index contributed by atoms with van der Waals surface area (Å²) in [7, 11) is 0. The van der Waals surface area contributed by atoms with Crippen molar-refractivity contribution in [2.75, 3.05) is 32.7 Å². The number of piperazine rings is 1. The molecule has 1 amide bonds. The third-order valence-corrected chi connectivity index (χ3v) is 4.60. The molecule has 0 aromatic heterocycles. The molecule has 2 aromatic rings. The molecule has 0 radical (unpaired) electrons. The number of amides is 1. The average Bonchev–Trinajstić information content (AvgIpc) is 2.61. The first-order valence-electron chi connectivity index (χ1n) is 8.00. The van der Waals surface area contributed by atoms with Crippen molar-refractivity contribution in [1.82, 2.24) is 15.1 Å². The molecule has 3 rings (SSSR count). The second kappa shape index (κ2) is 6.96. The summed E-state index contributed by atoms with van der Waals surface area (Å²) in [5.74, 6) is 0.107. The lowest BCUT2D eigenvalue weighted by atomic mass is 10.0. The molecule has 120 valence electrons. The molecule has 1 saturated heterocycles. The molecule has 0 bridgehead atoms. The fraction of sp³-hybridized carbons (Fsp3) is 0.333. The van der Waals surface area contributed by atoms with Crippen LogP contribution in [0.25, 0.3) is 10.8 Å². The number of hydrogen-bond donors (Lipinski definition) is 1. The minimum atomic E-state index is 0.107. The van der Waals surface area contributed by atoms with E-state index in [-0.39, 0.29) is 5.91 Å². The van der Waals surface area contributed by atoms with E-state index in [0.29, 0.717) is 13.1 Å². The van der Waals surface area contributed by atoms with E-state index in [0.717, 1.165) is 41.1 Å². The van der Waals surface area contributed by atoms with Gasteiger partial charge in [-0.1, -0.05) is 36.4 Å². The molecule has 1 fully saturated rings. The molecule has 0 atom stereocenters. The summed E-state index contributed by atoms with van der Waals surface area (Å²) in [6.07, 6.45) is 0. The highest BCUT2D eigenvalue weighted by Crippen LogP contribution is 2.20. The Morgan fingerprint density at radius 2 is 1.70 bits per heavy atom. The summed E-state index contributed by atoms with van der Waals surface area (Å²) in [6.45, 7) is 5.83. The molecule has 0 aliphatic carbocycles. The second-order valence-corrected chi connectivity index (χ2v) is 6.03. The van der Waals surface area contributed by atoms with Crippen LogP contribution in [0.5, 0.6) is 0 Å². The normalized spacial score (nSPS) is 14.8. The van der Waals surface area contributed by atoms with Crippen LogP contribution in [0.1, 0.15) is 17.3 Å². The van der Waals surface area contributed by atoms with Crippen LogP contribution in [-0.4, -0.2) is 53.5 Å². The van der Waals surface area contributed by atoms with Crippen molar-refractivity contribution < 1.29 is 4.79 Å². The number of thiocarbonyl (C=S) groups is 1. The van der Waals surface area contributed by atoms with Crippen molar-refractivity contribution in [3.8, 4) is 0 Å². The second-order valence-electron chi connectivity index (χ2n) is 5.64. The monoisotopic (exact) mass is 327 g/mol. The fourth-order valence-corrected chi connectivity index (χ4v) is 3.28. The number of nitrogens with zero attached hydrogens (tertiary/aromatic N) is 2. The molecule has 5 heteroatoms. The first-order chi connectivity index (χ1) is 11.2. The predicted molar refractivity (Wildman–Crippen MR) is 97.7 cm³/mol. The highest BCUT2D eigenvalue weighted by atomic mass is 32.1. The third kappa shape index (κ3) is 3.29. The molecule has 1 heterocycles. The van der Waals surface area contributed by atoms with E-state index in [1.54, 1.807) is 0 Å². The number of carbonyl (C=O) groups excluding carboxylic acids is 1. The summed E-state index contributed by atoms with van der Waals surface area (Å²) in [6, 6.07) is 13.9. The predicted octanol–water partition coefficient (Wildman–Crippen LogP) is 2.49. The van der Waals surface area contributed by atoms with Gasteiger partial charge in [-0.25, -0.2) is 0 Å². The van der Waals surface area contributed by atoms with Crippen molar-refractivity contribution in [1.29, 1.82) is 0 Å². The Labute approximate surface area is 142 Å². The number of rotatable bonds is 2. The van der Waals surface area contributed by atoms with Crippen LogP contribution in [0.15, 0.2) is 42.5 Å². The van der Waals surface area contributed by atoms with E-state index in [1.165, 1.54) is 0 Å². The van der Waals surface area contributed by atoms with Crippen LogP contribution in [0.4, 0.5) is 0 Å². The van der Waals surface area contributed by atoms with E-state index in [1.807, 2.05) is 54.3 Å². The summed E-state index contributed by atoms with van der Waals surface area (Å²) in [5, 5.41) is 6.07. The van der Waals surface area contributed by atoms with Gasteiger partial charge in [0.25, 0.3) is 5.91 Å². The first kappa shape index (κ1) is 15.7. The van der Waals surface area contributed by atoms with Crippen LogP contribution < -0.4 is 5.32 Å². The number of benzene rings is 2. The van der Waals surface area contributed by atoms with Crippen molar-refractivity contribution in [3.05, 3.63) is 48.0 Å². The quantitative estimate of drug-likeness (QED) is 0.860. The van der Waals surface area contributed by atoms with E-state index >= 15 is 0 Å². The topological polar surface area (TPSA) is 35.6 Å². The molecule has 23 heavy (non-hydrogen) atoms. The maximum Gasteiger partial charge on any atom is 0.254 e. The van der Waals surface area contributed by atoms with Crippen LogP contribution in [0.2, 0.25) is 0 Å². The van der Waals surface area contributed by atoms with Crippen molar-refractivity contribution >= 4 is 34.0 Å².